The summed E-state index contributed by atoms with van der Waals surface area (Å²) < 4.78 is 0. The second kappa shape index (κ2) is 5.21. The first kappa shape index (κ1) is 12.6. The lowest BCUT2D eigenvalue weighted by atomic mass is 10.0. The van der Waals surface area contributed by atoms with Gasteiger partial charge in [-0.25, -0.2) is 0 Å². The van der Waals surface area contributed by atoms with Crippen molar-refractivity contribution in [3.05, 3.63) is 29.8 Å². The van der Waals surface area contributed by atoms with Crippen molar-refractivity contribution in [2.24, 2.45) is 0 Å². The molecule has 1 saturated heterocycles. The molecule has 4 nitrogen and oxygen atoms in total. The quantitative estimate of drug-likeness (QED) is 0.857. The first-order valence-corrected chi connectivity index (χ1v) is 6.26. The van der Waals surface area contributed by atoms with E-state index >= 15 is 0 Å². The van der Waals surface area contributed by atoms with Gasteiger partial charge in [-0.15, -0.1) is 0 Å². The maximum absolute atomic E-state index is 11.9. The zero-order valence-electron chi connectivity index (χ0n) is 10.7. The predicted octanol–water partition coefficient (Wildman–Crippen LogP) is 2.03. The highest BCUT2D eigenvalue weighted by atomic mass is 16.2. The smallest absolute Gasteiger partial charge is 0.246 e. The van der Waals surface area contributed by atoms with Crippen LogP contribution in [0.25, 0.3) is 0 Å². The minimum absolute atomic E-state index is 0.0506. The van der Waals surface area contributed by atoms with E-state index < -0.39 is 0 Å². The van der Waals surface area contributed by atoms with E-state index in [9.17, 15) is 9.59 Å². The molecule has 2 N–H and O–H groups in total. The molecule has 0 spiro atoms. The minimum Gasteiger partial charge on any atom is -0.344 e. The summed E-state index contributed by atoms with van der Waals surface area (Å²) in [6.07, 6.45) is 1.01. The fraction of sp³-hybridized carbons (Fsp3) is 0.429. The van der Waals surface area contributed by atoms with Crippen LogP contribution in [-0.4, -0.2) is 17.9 Å². The Hall–Kier alpha value is -1.84. The first-order chi connectivity index (χ1) is 8.56. The number of anilines is 1. The molecule has 0 saturated carbocycles. The van der Waals surface area contributed by atoms with E-state index in [2.05, 4.69) is 24.5 Å². The molecule has 1 aliphatic rings. The molecule has 4 heteroatoms. The summed E-state index contributed by atoms with van der Waals surface area (Å²) in [7, 11) is 0. The summed E-state index contributed by atoms with van der Waals surface area (Å²) in [5, 5.41) is 5.47. The third-order valence-electron chi connectivity index (χ3n) is 3.16. The van der Waals surface area contributed by atoms with Gasteiger partial charge in [0.15, 0.2) is 0 Å². The summed E-state index contributed by atoms with van der Waals surface area (Å²) in [4.78, 5) is 22.9. The third kappa shape index (κ3) is 2.88. The van der Waals surface area contributed by atoms with E-state index in [-0.39, 0.29) is 17.9 Å². The van der Waals surface area contributed by atoms with Crippen molar-refractivity contribution in [1.29, 1.82) is 0 Å². The minimum atomic E-state index is -0.387. The monoisotopic (exact) mass is 246 g/mol. The maximum Gasteiger partial charge on any atom is 0.246 e. The Morgan fingerprint density at radius 3 is 2.50 bits per heavy atom. The van der Waals surface area contributed by atoms with Gasteiger partial charge < -0.3 is 10.6 Å². The highest BCUT2D eigenvalue weighted by Crippen LogP contribution is 2.18. The van der Waals surface area contributed by atoms with Crippen molar-refractivity contribution in [3.8, 4) is 0 Å². The summed E-state index contributed by atoms with van der Waals surface area (Å²) in [5.41, 5.74) is 2.01. The van der Waals surface area contributed by atoms with Crippen LogP contribution in [0.1, 0.15) is 38.2 Å². The molecule has 0 unspecified atom stereocenters. The molecule has 2 amide bonds. The van der Waals surface area contributed by atoms with E-state index in [1.165, 1.54) is 5.56 Å². The highest BCUT2D eigenvalue weighted by Gasteiger charge is 2.26. The Morgan fingerprint density at radius 1 is 1.33 bits per heavy atom. The zero-order chi connectivity index (χ0) is 13.1. The Morgan fingerprint density at radius 2 is 2.00 bits per heavy atom. The number of nitrogens with one attached hydrogen (secondary N) is 2. The van der Waals surface area contributed by atoms with Crippen LogP contribution in [0.5, 0.6) is 0 Å². The van der Waals surface area contributed by atoms with E-state index in [1.54, 1.807) is 0 Å². The summed E-state index contributed by atoms with van der Waals surface area (Å²) in [6, 6.07) is 7.41. The molecule has 1 fully saturated rings. The average molecular weight is 246 g/mol. The number of carbonyl (C=O) groups is 2. The molecule has 1 aliphatic heterocycles. The number of benzene rings is 1. The molecule has 0 aliphatic carbocycles. The Labute approximate surface area is 107 Å². The van der Waals surface area contributed by atoms with Gasteiger partial charge in [0.2, 0.25) is 11.8 Å². The zero-order valence-corrected chi connectivity index (χ0v) is 10.7. The fourth-order valence-corrected chi connectivity index (χ4v) is 1.99. The van der Waals surface area contributed by atoms with Crippen LogP contribution in [-0.2, 0) is 9.59 Å². The van der Waals surface area contributed by atoms with Gasteiger partial charge in [-0.05, 0) is 30.0 Å². The third-order valence-corrected chi connectivity index (χ3v) is 3.16. The lowest BCUT2D eigenvalue weighted by Crippen LogP contribution is -2.37. The lowest BCUT2D eigenvalue weighted by Gasteiger charge is -2.12. The van der Waals surface area contributed by atoms with Crippen molar-refractivity contribution < 1.29 is 9.59 Å². The van der Waals surface area contributed by atoms with Crippen molar-refractivity contribution in [2.75, 3.05) is 5.32 Å². The Bertz CT molecular complexity index is 451. The van der Waals surface area contributed by atoms with Gasteiger partial charge in [0.05, 0.1) is 0 Å². The van der Waals surface area contributed by atoms with Gasteiger partial charge in [-0.2, -0.15) is 0 Å². The van der Waals surface area contributed by atoms with Crippen molar-refractivity contribution >= 4 is 17.5 Å². The highest BCUT2D eigenvalue weighted by molar-refractivity contribution is 5.98. The first-order valence-electron chi connectivity index (χ1n) is 6.26. The van der Waals surface area contributed by atoms with Gasteiger partial charge in [-0.3, -0.25) is 9.59 Å². The topological polar surface area (TPSA) is 58.2 Å². The number of hydrogen-bond acceptors (Lipinski definition) is 2. The molecule has 96 valence electrons. The number of amides is 2. The molecule has 18 heavy (non-hydrogen) atoms. The molecule has 1 atom stereocenters. The van der Waals surface area contributed by atoms with Gasteiger partial charge >= 0.3 is 0 Å². The standard InChI is InChI=1S/C14H18N2O2/c1-9(2)10-3-5-11(6-4-10)15-14(18)12-7-8-13(17)16-12/h3-6,9,12H,7-8H2,1-2H3,(H,15,18)(H,16,17)/t12-/m0/s1. The van der Waals surface area contributed by atoms with E-state index in [1.807, 2.05) is 24.3 Å². The molecular weight excluding hydrogens is 228 g/mol. The number of carbonyl (C=O) groups excluding carboxylic acids is 2. The summed E-state index contributed by atoms with van der Waals surface area (Å²) in [6.45, 7) is 4.25. The Balaban J connectivity index is 1.97. The fourth-order valence-electron chi connectivity index (χ4n) is 1.99. The van der Waals surface area contributed by atoms with E-state index in [0.29, 0.717) is 18.8 Å². The van der Waals surface area contributed by atoms with Crippen LogP contribution < -0.4 is 10.6 Å². The molecule has 0 bridgehead atoms. The van der Waals surface area contributed by atoms with Crippen LogP contribution in [0.15, 0.2) is 24.3 Å². The summed E-state index contributed by atoms with van der Waals surface area (Å²) in [5.74, 6) is 0.285. The molecular formula is C14H18N2O2. The van der Waals surface area contributed by atoms with Crippen LogP contribution in [0.3, 0.4) is 0 Å². The van der Waals surface area contributed by atoms with Crippen LogP contribution >= 0.6 is 0 Å². The normalized spacial score (nSPS) is 18.8. The van der Waals surface area contributed by atoms with E-state index in [4.69, 9.17) is 0 Å². The molecule has 2 rings (SSSR count). The van der Waals surface area contributed by atoms with Crippen LogP contribution in [0.4, 0.5) is 5.69 Å². The number of rotatable bonds is 3. The average Bonchev–Trinajstić information content (AvgIpc) is 2.76. The van der Waals surface area contributed by atoms with Crippen molar-refractivity contribution in [2.45, 2.75) is 38.6 Å². The second-order valence-electron chi connectivity index (χ2n) is 4.92. The largest absolute Gasteiger partial charge is 0.344 e. The molecule has 1 aromatic rings. The van der Waals surface area contributed by atoms with Crippen LogP contribution in [0, 0.1) is 0 Å². The van der Waals surface area contributed by atoms with Gasteiger partial charge in [0, 0.05) is 12.1 Å². The SMILES string of the molecule is CC(C)c1ccc(NC(=O)[C@@H]2CCC(=O)N2)cc1. The predicted molar refractivity (Wildman–Crippen MR) is 70.3 cm³/mol. The molecule has 1 aromatic carbocycles. The van der Waals surface area contributed by atoms with Gasteiger partial charge in [0.1, 0.15) is 6.04 Å². The molecule has 0 radical (unpaired) electrons. The van der Waals surface area contributed by atoms with Crippen molar-refractivity contribution in [3.63, 3.8) is 0 Å². The number of hydrogen-bond donors (Lipinski definition) is 2. The van der Waals surface area contributed by atoms with Gasteiger partial charge in [-0.1, -0.05) is 26.0 Å². The van der Waals surface area contributed by atoms with Crippen molar-refractivity contribution in [1.82, 2.24) is 5.32 Å². The maximum atomic E-state index is 11.9. The lowest BCUT2D eigenvalue weighted by molar-refractivity contribution is -0.122. The summed E-state index contributed by atoms with van der Waals surface area (Å²) >= 11 is 0. The molecule has 0 aromatic heterocycles. The van der Waals surface area contributed by atoms with Gasteiger partial charge in [0.25, 0.3) is 0 Å². The molecule has 1 heterocycles. The van der Waals surface area contributed by atoms with Crippen LogP contribution in [0.2, 0.25) is 0 Å². The van der Waals surface area contributed by atoms with E-state index in [0.717, 1.165) is 5.69 Å². The second-order valence-corrected chi connectivity index (χ2v) is 4.92. The Kier molecular flexibility index (Phi) is 3.65.